The van der Waals surface area contributed by atoms with E-state index in [-0.39, 0.29) is 17.2 Å². The maximum Gasteiger partial charge on any atom is 0.341 e. The molecular formula is C18H15NO3. The summed E-state index contributed by atoms with van der Waals surface area (Å²) in [6.45, 7) is 2.02. The maximum atomic E-state index is 11.2. The number of carboxylic acid groups (broad SMARTS) is 1. The average molecular weight is 293 g/mol. The SMILES string of the molecule is CC(c1ccccc1)c1cccc2ncc(C(=O)O)c(O)c12. The number of fused-ring (bicyclic) bond motifs is 1. The van der Waals surface area contributed by atoms with Crippen LogP contribution in [0.4, 0.5) is 0 Å². The molecule has 0 aliphatic heterocycles. The Hall–Kier alpha value is -2.88. The predicted molar refractivity (Wildman–Crippen MR) is 84.3 cm³/mol. The van der Waals surface area contributed by atoms with E-state index in [1.165, 1.54) is 6.20 Å². The number of nitrogens with zero attached hydrogens (tertiary/aromatic N) is 1. The second-order valence-electron chi connectivity index (χ2n) is 5.20. The van der Waals surface area contributed by atoms with Crippen LogP contribution in [0.5, 0.6) is 5.75 Å². The number of aromatic hydroxyl groups is 1. The number of hydrogen-bond donors (Lipinski definition) is 2. The molecule has 0 spiro atoms. The minimum Gasteiger partial charge on any atom is -0.506 e. The van der Waals surface area contributed by atoms with E-state index in [0.717, 1.165) is 11.1 Å². The molecule has 3 rings (SSSR count). The van der Waals surface area contributed by atoms with Crippen LogP contribution in [-0.4, -0.2) is 21.2 Å². The molecule has 1 aromatic heterocycles. The number of rotatable bonds is 3. The minimum absolute atomic E-state index is 0.0154. The predicted octanol–water partition coefficient (Wildman–Crippen LogP) is 3.79. The molecule has 0 amide bonds. The summed E-state index contributed by atoms with van der Waals surface area (Å²) in [4.78, 5) is 15.4. The van der Waals surface area contributed by atoms with Crippen molar-refractivity contribution in [2.45, 2.75) is 12.8 Å². The van der Waals surface area contributed by atoms with E-state index in [1.54, 1.807) is 6.07 Å². The Morgan fingerprint density at radius 2 is 1.82 bits per heavy atom. The van der Waals surface area contributed by atoms with Gasteiger partial charge in [-0.2, -0.15) is 0 Å². The largest absolute Gasteiger partial charge is 0.506 e. The lowest BCUT2D eigenvalue weighted by atomic mass is 9.89. The quantitative estimate of drug-likeness (QED) is 0.770. The molecule has 2 aromatic carbocycles. The summed E-state index contributed by atoms with van der Waals surface area (Å²) < 4.78 is 0. The highest BCUT2D eigenvalue weighted by Crippen LogP contribution is 2.36. The third-order valence-corrected chi connectivity index (χ3v) is 3.90. The Bertz CT molecular complexity index is 844. The number of benzene rings is 2. The Labute approximate surface area is 127 Å². The summed E-state index contributed by atoms with van der Waals surface area (Å²) in [6.07, 6.45) is 1.19. The number of aromatic carboxylic acids is 1. The standard InChI is InChI=1S/C18H15NO3/c1-11(12-6-3-2-4-7-12)13-8-5-9-15-16(13)17(20)14(10-19-15)18(21)22/h2-11H,1H3,(H,19,20)(H,21,22). The van der Waals surface area contributed by atoms with Gasteiger partial charge in [0, 0.05) is 17.5 Å². The van der Waals surface area contributed by atoms with Crippen LogP contribution >= 0.6 is 0 Å². The first-order chi connectivity index (χ1) is 10.6. The molecule has 0 radical (unpaired) electrons. The van der Waals surface area contributed by atoms with Gasteiger partial charge in [-0.3, -0.25) is 4.98 Å². The Morgan fingerprint density at radius 3 is 2.50 bits per heavy atom. The van der Waals surface area contributed by atoms with Gasteiger partial charge in [-0.15, -0.1) is 0 Å². The van der Waals surface area contributed by atoms with Crippen molar-refractivity contribution in [2.24, 2.45) is 0 Å². The molecule has 0 aliphatic carbocycles. The average Bonchev–Trinajstić information content (AvgIpc) is 2.54. The van der Waals surface area contributed by atoms with Gasteiger partial charge in [-0.05, 0) is 17.2 Å². The zero-order valence-electron chi connectivity index (χ0n) is 12.0. The number of pyridine rings is 1. The molecule has 0 aliphatic rings. The third-order valence-electron chi connectivity index (χ3n) is 3.90. The molecule has 0 bridgehead atoms. The molecule has 3 aromatic rings. The van der Waals surface area contributed by atoms with Crippen LogP contribution in [0, 0.1) is 0 Å². The van der Waals surface area contributed by atoms with Crippen LogP contribution < -0.4 is 0 Å². The minimum atomic E-state index is -1.19. The van der Waals surface area contributed by atoms with Gasteiger partial charge >= 0.3 is 5.97 Å². The van der Waals surface area contributed by atoms with Crippen molar-refractivity contribution in [1.29, 1.82) is 0 Å². The van der Waals surface area contributed by atoms with Crippen LogP contribution in [-0.2, 0) is 0 Å². The van der Waals surface area contributed by atoms with Crippen molar-refractivity contribution in [1.82, 2.24) is 4.98 Å². The molecule has 4 nitrogen and oxygen atoms in total. The van der Waals surface area contributed by atoms with Crippen molar-refractivity contribution in [3.63, 3.8) is 0 Å². The molecule has 0 fully saturated rings. The van der Waals surface area contributed by atoms with Crippen molar-refractivity contribution in [3.8, 4) is 5.75 Å². The van der Waals surface area contributed by atoms with Gasteiger partial charge in [-0.1, -0.05) is 49.4 Å². The molecule has 22 heavy (non-hydrogen) atoms. The summed E-state index contributed by atoms with van der Waals surface area (Å²) in [6, 6.07) is 15.4. The second kappa shape index (κ2) is 5.48. The molecule has 1 unspecified atom stereocenters. The molecule has 4 heteroatoms. The summed E-state index contributed by atoms with van der Waals surface area (Å²) in [5.74, 6) is -1.40. The zero-order chi connectivity index (χ0) is 15.7. The summed E-state index contributed by atoms with van der Waals surface area (Å²) >= 11 is 0. The normalized spacial score (nSPS) is 12.2. The van der Waals surface area contributed by atoms with Gasteiger partial charge in [-0.25, -0.2) is 4.79 Å². The van der Waals surface area contributed by atoms with E-state index in [4.69, 9.17) is 0 Å². The molecule has 0 saturated carbocycles. The fourth-order valence-corrected chi connectivity index (χ4v) is 2.69. The first-order valence-electron chi connectivity index (χ1n) is 6.98. The monoisotopic (exact) mass is 293 g/mol. The van der Waals surface area contributed by atoms with Gasteiger partial charge in [0.25, 0.3) is 0 Å². The zero-order valence-corrected chi connectivity index (χ0v) is 12.0. The summed E-state index contributed by atoms with van der Waals surface area (Å²) in [7, 11) is 0. The number of hydrogen-bond acceptors (Lipinski definition) is 3. The van der Waals surface area contributed by atoms with E-state index in [0.29, 0.717) is 10.9 Å². The smallest absolute Gasteiger partial charge is 0.341 e. The summed E-state index contributed by atoms with van der Waals surface area (Å²) in [5, 5.41) is 20.0. The number of carbonyl (C=O) groups is 1. The van der Waals surface area contributed by atoms with Crippen molar-refractivity contribution >= 4 is 16.9 Å². The van der Waals surface area contributed by atoms with Crippen molar-refractivity contribution < 1.29 is 15.0 Å². The third kappa shape index (κ3) is 2.29. The van der Waals surface area contributed by atoms with Crippen LogP contribution in [0.25, 0.3) is 10.9 Å². The van der Waals surface area contributed by atoms with Crippen LogP contribution in [0.15, 0.2) is 54.7 Å². The van der Waals surface area contributed by atoms with Gasteiger partial charge in [0.15, 0.2) is 0 Å². The Balaban J connectivity index is 2.26. The Kier molecular flexibility index (Phi) is 3.51. The maximum absolute atomic E-state index is 11.2. The lowest BCUT2D eigenvalue weighted by molar-refractivity contribution is 0.0693. The Morgan fingerprint density at radius 1 is 1.09 bits per heavy atom. The highest BCUT2D eigenvalue weighted by atomic mass is 16.4. The molecule has 0 saturated heterocycles. The fraction of sp³-hybridized carbons (Fsp3) is 0.111. The lowest BCUT2D eigenvalue weighted by Gasteiger charge is -2.16. The highest BCUT2D eigenvalue weighted by Gasteiger charge is 2.19. The van der Waals surface area contributed by atoms with Crippen molar-refractivity contribution in [2.75, 3.05) is 0 Å². The number of aromatic nitrogens is 1. The van der Waals surface area contributed by atoms with Crippen molar-refractivity contribution in [3.05, 3.63) is 71.4 Å². The molecule has 2 N–H and O–H groups in total. The summed E-state index contributed by atoms with van der Waals surface area (Å²) in [5.41, 5.74) is 2.36. The van der Waals surface area contributed by atoms with Crippen LogP contribution in [0.2, 0.25) is 0 Å². The van der Waals surface area contributed by atoms with Crippen LogP contribution in [0.3, 0.4) is 0 Å². The van der Waals surface area contributed by atoms with Gasteiger partial charge in [0.1, 0.15) is 11.3 Å². The first-order valence-corrected chi connectivity index (χ1v) is 6.98. The van der Waals surface area contributed by atoms with Gasteiger partial charge in [0.2, 0.25) is 0 Å². The van der Waals surface area contributed by atoms with Gasteiger partial charge in [0.05, 0.1) is 5.52 Å². The first kappa shape index (κ1) is 14.1. The second-order valence-corrected chi connectivity index (χ2v) is 5.20. The topological polar surface area (TPSA) is 70.4 Å². The van der Waals surface area contributed by atoms with Gasteiger partial charge < -0.3 is 10.2 Å². The van der Waals surface area contributed by atoms with E-state index >= 15 is 0 Å². The van der Waals surface area contributed by atoms with E-state index in [1.807, 2.05) is 49.4 Å². The molecule has 1 heterocycles. The van der Waals surface area contributed by atoms with Crippen LogP contribution in [0.1, 0.15) is 34.3 Å². The number of carboxylic acids is 1. The molecule has 110 valence electrons. The fourth-order valence-electron chi connectivity index (χ4n) is 2.69. The highest BCUT2D eigenvalue weighted by molar-refractivity contribution is 6.00. The van der Waals surface area contributed by atoms with E-state index in [9.17, 15) is 15.0 Å². The molecule has 1 atom stereocenters. The van der Waals surface area contributed by atoms with E-state index < -0.39 is 5.97 Å². The van der Waals surface area contributed by atoms with E-state index in [2.05, 4.69) is 4.98 Å². The molecular weight excluding hydrogens is 278 g/mol. The lowest BCUT2D eigenvalue weighted by Crippen LogP contribution is -2.02.